The first-order valence-electron chi connectivity index (χ1n) is 11.4. The normalized spacial score (nSPS) is 17.0. The number of fused-ring (bicyclic) bond motifs is 2. The van der Waals surface area contributed by atoms with Crippen molar-refractivity contribution in [3.05, 3.63) is 71.6 Å². The molecule has 1 aromatic carbocycles. The maximum absolute atomic E-state index is 14.9. The summed E-state index contributed by atoms with van der Waals surface area (Å²) >= 11 is 0. The number of anilines is 1. The number of rotatable bonds is 3. The summed E-state index contributed by atoms with van der Waals surface area (Å²) in [6.07, 6.45) is 8.08. The van der Waals surface area contributed by atoms with Gasteiger partial charge in [0.25, 0.3) is 0 Å². The molecule has 6 rings (SSSR count). The first kappa shape index (κ1) is 20.1. The van der Waals surface area contributed by atoms with Gasteiger partial charge in [-0.25, -0.2) is 13.9 Å². The van der Waals surface area contributed by atoms with Crippen LogP contribution in [0.5, 0.6) is 5.75 Å². The summed E-state index contributed by atoms with van der Waals surface area (Å²) < 4.78 is 21.9. The second kappa shape index (κ2) is 7.54. The minimum Gasteiger partial charge on any atom is -0.497 e. The van der Waals surface area contributed by atoms with Gasteiger partial charge in [-0.05, 0) is 67.9 Å². The van der Waals surface area contributed by atoms with Gasteiger partial charge in [-0.1, -0.05) is 6.07 Å². The zero-order valence-corrected chi connectivity index (χ0v) is 18.9. The maximum Gasteiger partial charge on any atom is 0.155 e. The molecule has 0 unspecified atom stereocenters. The Kier molecular flexibility index (Phi) is 4.60. The van der Waals surface area contributed by atoms with Crippen LogP contribution in [-0.2, 0) is 12.8 Å². The Hall–Kier alpha value is -3.48. The van der Waals surface area contributed by atoms with Crippen LogP contribution in [0.15, 0.2) is 48.8 Å². The summed E-state index contributed by atoms with van der Waals surface area (Å²) in [5.74, 6) is 1.06. The molecule has 3 aromatic heterocycles. The molecule has 0 atom stereocenters. The van der Waals surface area contributed by atoms with Gasteiger partial charge in [-0.15, -0.1) is 0 Å². The van der Waals surface area contributed by atoms with Crippen molar-refractivity contribution in [1.82, 2.24) is 19.6 Å². The molecule has 4 heterocycles. The molecule has 1 spiro atoms. The fourth-order valence-corrected chi connectivity index (χ4v) is 5.59. The van der Waals surface area contributed by atoms with Gasteiger partial charge in [-0.3, -0.25) is 4.98 Å². The van der Waals surface area contributed by atoms with E-state index in [1.807, 2.05) is 29.8 Å². The van der Waals surface area contributed by atoms with Gasteiger partial charge < -0.3 is 9.64 Å². The van der Waals surface area contributed by atoms with E-state index >= 15 is 0 Å². The van der Waals surface area contributed by atoms with Gasteiger partial charge in [0.15, 0.2) is 5.82 Å². The molecule has 1 aliphatic heterocycles. The standard InChI is InChI=1S/C26H26FN5O/c1-17-24(20-6-5-19(33-2)14-21(20)27)32-23(7-11-29-32)25(30-17)31-12-8-26(9-13-31)15-18-4-3-10-28-22(18)16-26/h3-7,10-11,14H,8-9,12-13,15-16H2,1-2H3. The zero-order chi connectivity index (χ0) is 22.6. The molecule has 6 nitrogen and oxygen atoms in total. The number of ether oxygens (including phenoxy) is 1. The Bertz CT molecular complexity index is 1330. The summed E-state index contributed by atoms with van der Waals surface area (Å²) in [5, 5.41) is 4.54. The highest BCUT2D eigenvalue weighted by Crippen LogP contribution is 2.45. The Morgan fingerprint density at radius 1 is 1.06 bits per heavy atom. The van der Waals surface area contributed by atoms with E-state index in [0.29, 0.717) is 22.4 Å². The maximum atomic E-state index is 14.9. The molecule has 0 N–H and O–H groups in total. The molecule has 7 heteroatoms. The number of halogens is 1. The van der Waals surface area contributed by atoms with E-state index in [2.05, 4.69) is 21.0 Å². The lowest BCUT2D eigenvalue weighted by Gasteiger charge is -2.40. The van der Waals surface area contributed by atoms with Crippen molar-refractivity contribution < 1.29 is 9.13 Å². The molecule has 0 bridgehead atoms. The van der Waals surface area contributed by atoms with Crippen molar-refractivity contribution in [2.75, 3.05) is 25.1 Å². The average molecular weight is 444 g/mol. The smallest absolute Gasteiger partial charge is 0.155 e. The minimum atomic E-state index is -0.349. The number of benzene rings is 1. The van der Waals surface area contributed by atoms with Crippen LogP contribution in [0.3, 0.4) is 0 Å². The number of nitrogens with zero attached hydrogens (tertiary/aromatic N) is 5. The van der Waals surface area contributed by atoms with Crippen molar-refractivity contribution in [3.63, 3.8) is 0 Å². The minimum absolute atomic E-state index is 0.310. The third kappa shape index (κ3) is 3.25. The molecule has 168 valence electrons. The van der Waals surface area contributed by atoms with Crippen LogP contribution in [0.4, 0.5) is 10.2 Å². The topological polar surface area (TPSA) is 55.5 Å². The number of aryl methyl sites for hydroxylation is 1. The monoisotopic (exact) mass is 443 g/mol. The van der Waals surface area contributed by atoms with Crippen molar-refractivity contribution in [2.45, 2.75) is 32.6 Å². The van der Waals surface area contributed by atoms with Crippen molar-refractivity contribution in [1.29, 1.82) is 0 Å². The predicted molar refractivity (Wildman–Crippen MR) is 125 cm³/mol. The van der Waals surface area contributed by atoms with Crippen molar-refractivity contribution in [3.8, 4) is 17.0 Å². The number of piperidine rings is 1. The highest BCUT2D eigenvalue weighted by atomic mass is 19.1. The fraction of sp³-hybridized carbons (Fsp3) is 0.346. The van der Waals surface area contributed by atoms with Crippen LogP contribution in [0.1, 0.15) is 29.8 Å². The van der Waals surface area contributed by atoms with Gasteiger partial charge in [0.1, 0.15) is 17.1 Å². The molecular formula is C26H26FN5O. The first-order chi connectivity index (χ1) is 16.1. The van der Waals surface area contributed by atoms with Gasteiger partial charge in [-0.2, -0.15) is 5.10 Å². The fourth-order valence-electron chi connectivity index (χ4n) is 5.59. The second-order valence-electron chi connectivity index (χ2n) is 9.29. The van der Waals surface area contributed by atoms with E-state index in [9.17, 15) is 4.39 Å². The highest BCUT2D eigenvalue weighted by Gasteiger charge is 2.41. The van der Waals surface area contributed by atoms with E-state index < -0.39 is 0 Å². The molecule has 2 aliphatic rings. The van der Waals surface area contributed by atoms with E-state index in [1.165, 1.54) is 24.4 Å². The van der Waals surface area contributed by atoms with E-state index in [4.69, 9.17) is 9.72 Å². The van der Waals surface area contributed by atoms with E-state index in [1.54, 1.807) is 18.3 Å². The lowest BCUT2D eigenvalue weighted by atomic mass is 9.76. The number of pyridine rings is 1. The number of aromatic nitrogens is 4. The van der Waals surface area contributed by atoms with Crippen LogP contribution in [0, 0.1) is 18.2 Å². The van der Waals surface area contributed by atoms with E-state index in [-0.39, 0.29) is 5.82 Å². The summed E-state index contributed by atoms with van der Waals surface area (Å²) in [4.78, 5) is 11.9. The van der Waals surface area contributed by atoms with Crippen molar-refractivity contribution in [2.24, 2.45) is 5.41 Å². The lowest BCUT2D eigenvalue weighted by Crippen LogP contribution is -2.41. The van der Waals surface area contributed by atoms with Gasteiger partial charge in [0, 0.05) is 36.6 Å². The summed E-state index contributed by atoms with van der Waals surface area (Å²) in [6, 6.07) is 11.1. The van der Waals surface area contributed by atoms with E-state index in [0.717, 1.165) is 55.8 Å². The Labute approximate surface area is 192 Å². The number of methoxy groups -OCH3 is 1. The van der Waals surface area contributed by atoms with Crippen LogP contribution in [-0.4, -0.2) is 39.8 Å². The Balaban J connectivity index is 1.32. The first-order valence-corrected chi connectivity index (χ1v) is 11.4. The summed E-state index contributed by atoms with van der Waals surface area (Å²) in [7, 11) is 1.53. The van der Waals surface area contributed by atoms with Crippen LogP contribution >= 0.6 is 0 Å². The highest BCUT2D eigenvalue weighted by molar-refractivity contribution is 5.76. The van der Waals surface area contributed by atoms with Gasteiger partial charge in [0.2, 0.25) is 0 Å². The molecule has 0 amide bonds. The average Bonchev–Trinajstić information content (AvgIpc) is 3.44. The molecular weight excluding hydrogens is 417 g/mol. The molecule has 1 fully saturated rings. The van der Waals surface area contributed by atoms with Gasteiger partial charge in [0.05, 0.1) is 24.7 Å². The molecule has 0 saturated carbocycles. The molecule has 1 aliphatic carbocycles. The zero-order valence-electron chi connectivity index (χ0n) is 18.9. The van der Waals surface area contributed by atoms with Gasteiger partial charge >= 0.3 is 0 Å². The molecule has 4 aromatic rings. The molecule has 1 saturated heterocycles. The number of hydrogen-bond donors (Lipinski definition) is 0. The number of hydrogen-bond acceptors (Lipinski definition) is 5. The summed E-state index contributed by atoms with van der Waals surface area (Å²) in [6.45, 7) is 3.81. The lowest BCUT2D eigenvalue weighted by molar-refractivity contribution is 0.231. The summed E-state index contributed by atoms with van der Waals surface area (Å²) in [5.41, 5.74) is 5.78. The second-order valence-corrected chi connectivity index (χ2v) is 9.29. The predicted octanol–water partition coefficient (Wildman–Crippen LogP) is 4.63. The Morgan fingerprint density at radius 3 is 2.67 bits per heavy atom. The largest absolute Gasteiger partial charge is 0.497 e. The molecule has 33 heavy (non-hydrogen) atoms. The SMILES string of the molecule is COc1ccc(-c2c(C)nc(N3CCC4(CC3)Cc3cccnc3C4)c3ccnn23)c(F)c1. The third-order valence-corrected chi connectivity index (χ3v) is 7.35. The third-order valence-electron chi connectivity index (χ3n) is 7.35. The quantitative estimate of drug-likeness (QED) is 0.462. The Morgan fingerprint density at radius 2 is 1.91 bits per heavy atom. The van der Waals surface area contributed by atoms with Crippen molar-refractivity contribution >= 4 is 11.3 Å². The molecule has 0 radical (unpaired) electrons. The van der Waals surface area contributed by atoms with Crippen LogP contribution < -0.4 is 9.64 Å². The van der Waals surface area contributed by atoms with Crippen LogP contribution in [0.25, 0.3) is 16.8 Å². The van der Waals surface area contributed by atoms with Crippen LogP contribution in [0.2, 0.25) is 0 Å².